The SMILES string of the molecule is Clc1cccc(CCCOSI)c1. The van der Waals surface area contributed by atoms with Gasteiger partial charge in [0.1, 0.15) is 0 Å². The van der Waals surface area contributed by atoms with Gasteiger partial charge in [-0.15, -0.1) is 0 Å². The van der Waals surface area contributed by atoms with Crippen LogP contribution in [0, 0.1) is 0 Å². The molecular formula is C9H10ClIOS. The first-order valence-corrected chi connectivity index (χ1v) is 7.64. The molecule has 0 N–H and O–H groups in total. The van der Waals surface area contributed by atoms with E-state index in [2.05, 4.69) is 27.3 Å². The average molecular weight is 329 g/mol. The van der Waals surface area contributed by atoms with Crippen LogP contribution < -0.4 is 0 Å². The van der Waals surface area contributed by atoms with Crippen LogP contribution in [0.1, 0.15) is 12.0 Å². The first-order valence-electron chi connectivity index (χ1n) is 3.97. The molecule has 0 spiro atoms. The van der Waals surface area contributed by atoms with E-state index >= 15 is 0 Å². The minimum Gasteiger partial charge on any atom is -0.305 e. The highest BCUT2D eigenvalue weighted by Gasteiger charge is 1.94. The Morgan fingerprint density at radius 1 is 1.46 bits per heavy atom. The minimum absolute atomic E-state index is 0.792. The third kappa shape index (κ3) is 5.10. The summed E-state index contributed by atoms with van der Waals surface area (Å²) in [6.45, 7) is 0.792. The molecule has 0 aliphatic carbocycles. The van der Waals surface area contributed by atoms with Crippen LogP contribution in [0.15, 0.2) is 24.3 Å². The van der Waals surface area contributed by atoms with Crippen molar-refractivity contribution in [3.63, 3.8) is 0 Å². The summed E-state index contributed by atoms with van der Waals surface area (Å²) in [5.41, 5.74) is 1.27. The number of halogens is 2. The average Bonchev–Trinajstić information content (AvgIpc) is 2.13. The lowest BCUT2D eigenvalue weighted by Gasteiger charge is -2.00. The molecule has 1 nitrogen and oxygen atoms in total. The summed E-state index contributed by atoms with van der Waals surface area (Å²) in [5, 5.41) is 0.807. The largest absolute Gasteiger partial charge is 0.305 e. The Balaban J connectivity index is 2.28. The fourth-order valence-electron chi connectivity index (χ4n) is 1.06. The molecule has 0 bridgehead atoms. The molecule has 0 saturated heterocycles. The van der Waals surface area contributed by atoms with E-state index in [4.69, 9.17) is 15.8 Å². The highest BCUT2D eigenvalue weighted by atomic mass is 127. The molecule has 1 rings (SSSR count). The zero-order valence-electron chi connectivity index (χ0n) is 7.00. The number of benzene rings is 1. The lowest BCUT2D eigenvalue weighted by Crippen LogP contribution is -1.90. The predicted octanol–water partition coefficient (Wildman–Crippen LogP) is 4.29. The fourth-order valence-corrected chi connectivity index (χ4v) is 1.99. The van der Waals surface area contributed by atoms with E-state index in [0.717, 1.165) is 24.5 Å². The predicted molar refractivity (Wildman–Crippen MR) is 67.3 cm³/mol. The van der Waals surface area contributed by atoms with E-state index in [1.54, 1.807) is 0 Å². The maximum Gasteiger partial charge on any atom is 0.0650 e. The van der Waals surface area contributed by atoms with Gasteiger partial charge < -0.3 is 4.18 Å². The number of hydrogen-bond acceptors (Lipinski definition) is 2. The molecule has 0 heterocycles. The van der Waals surface area contributed by atoms with Crippen molar-refractivity contribution in [1.29, 1.82) is 0 Å². The smallest absolute Gasteiger partial charge is 0.0650 e. The summed E-state index contributed by atoms with van der Waals surface area (Å²) in [6, 6.07) is 7.95. The van der Waals surface area contributed by atoms with Crippen LogP contribution in [-0.4, -0.2) is 6.61 Å². The van der Waals surface area contributed by atoms with Crippen LogP contribution in [-0.2, 0) is 10.6 Å². The minimum atomic E-state index is 0.792. The normalized spacial score (nSPS) is 10.3. The molecule has 13 heavy (non-hydrogen) atoms. The van der Waals surface area contributed by atoms with Crippen molar-refractivity contribution in [2.24, 2.45) is 0 Å². The van der Waals surface area contributed by atoms with Crippen molar-refractivity contribution < 1.29 is 4.18 Å². The van der Waals surface area contributed by atoms with Crippen LogP contribution in [0.25, 0.3) is 0 Å². The summed E-state index contributed by atoms with van der Waals surface area (Å²) in [7, 11) is 1.38. The fraction of sp³-hybridized carbons (Fsp3) is 0.333. The summed E-state index contributed by atoms with van der Waals surface area (Å²) < 4.78 is 5.16. The van der Waals surface area contributed by atoms with Crippen molar-refractivity contribution in [2.45, 2.75) is 12.8 Å². The summed E-state index contributed by atoms with van der Waals surface area (Å²) in [4.78, 5) is 0. The molecule has 1 aromatic carbocycles. The van der Waals surface area contributed by atoms with Crippen molar-refractivity contribution >= 4 is 42.0 Å². The summed E-state index contributed by atoms with van der Waals surface area (Å²) in [5.74, 6) is 0. The van der Waals surface area contributed by atoms with Gasteiger partial charge in [0.15, 0.2) is 0 Å². The van der Waals surface area contributed by atoms with E-state index in [0.29, 0.717) is 0 Å². The van der Waals surface area contributed by atoms with Gasteiger partial charge in [-0.05, 0) is 30.5 Å². The molecule has 1 aromatic rings. The zero-order valence-corrected chi connectivity index (χ0v) is 10.7. The molecule has 0 radical (unpaired) electrons. The maximum absolute atomic E-state index is 5.85. The van der Waals surface area contributed by atoms with Gasteiger partial charge in [0, 0.05) is 26.2 Å². The highest BCUT2D eigenvalue weighted by molar-refractivity contribution is 14.2. The number of hydrogen-bond donors (Lipinski definition) is 0. The van der Waals surface area contributed by atoms with Crippen molar-refractivity contribution in [2.75, 3.05) is 6.61 Å². The standard InChI is InChI=1S/C9H10ClIOS/c10-9-5-1-3-8(7-9)4-2-6-12-13-11/h1,3,5,7H,2,4,6H2. The summed E-state index contributed by atoms with van der Waals surface area (Å²) in [6.07, 6.45) is 2.06. The first kappa shape index (κ1) is 11.6. The molecular weight excluding hydrogens is 319 g/mol. The van der Waals surface area contributed by atoms with E-state index < -0.39 is 0 Å². The Morgan fingerprint density at radius 2 is 2.31 bits per heavy atom. The molecule has 72 valence electrons. The third-order valence-electron chi connectivity index (χ3n) is 1.63. The molecule has 0 unspecified atom stereocenters. The van der Waals surface area contributed by atoms with E-state index in [9.17, 15) is 0 Å². The second-order valence-corrected chi connectivity index (χ2v) is 4.50. The molecule has 0 atom stereocenters. The first-order chi connectivity index (χ1) is 6.33. The van der Waals surface area contributed by atoms with Crippen molar-refractivity contribution in [1.82, 2.24) is 0 Å². The van der Waals surface area contributed by atoms with Gasteiger partial charge in [-0.2, -0.15) is 0 Å². The Morgan fingerprint density at radius 3 is 3.00 bits per heavy atom. The molecule has 0 aliphatic rings. The van der Waals surface area contributed by atoms with Crippen molar-refractivity contribution in [3.8, 4) is 0 Å². The van der Waals surface area contributed by atoms with Crippen LogP contribution in [0.5, 0.6) is 0 Å². The van der Waals surface area contributed by atoms with Crippen LogP contribution >= 0.6 is 42.0 Å². The van der Waals surface area contributed by atoms with E-state index in [1.165, 1.54) is 14.8 Å². The van der Waals surface area contributed by atoms with Crippen LogP contribution in [0.2, 0.25) is 5.02 Å². The van der Waals surface area contributed by atoms with E-state index in [-0.39, 0.29) is 0 Å². The van der Waals surface area contributed by atoms with Gasteiger partial charge >= 0.3 is 0 Å². The third-order valence-corrected chi connectivity index (χ3v) is 2.88. The zero-order chi connectivity index (χ0) is 9.52. The van der Waals surface area contributed by atoms with Crippen molar-refractivity contribution in [3.05, 3.63) is 34.9 Å². The topological polar surface area (TPSA) is 9.23 Å². The second kappa shape index (κ2) is 6.92. The maximum atomic E-state index is 5.85. The van der Waals surface area contributed by atoms with E-state index in [1.807, 2.05) is 18.2 Å². The van der Waals surface area contributed by atoms with Gasteiger partial charge in [-0.3, -0.25) is 0 Å². The Labute approximate surface area is 100.0 Å². The molecule has 0 aromatic heterocycles. The number of rotatable bonds is 5. The van der Waals surface area contributed by atoms with Crippen LogP contribution in [0.3, 0.4) is 0 Å². The molecule has 4 heteroatoms. The molecule has 0 saturated carbocycles. The van der Waals surface area contributed by atoms with Gasteiger partial charge in [-0.25, -0.2) is 0 Å². The van der Waals surface area contributed by atoms with Crippen LogP contribution in [0.4, 0.5) is 0 Å². The number of aryl methyl sites for hydroxylation is 1. The van der Waals surface area contributed by atoms with Gasteiger partial charge in [-0.1, -0.05) is 23.7 Å². The Hall–Kier alpha value is 0.550. The Bertz CT molecular complexity index is 257. The molecule has 0 aliphatic heterocycles. The lowest BCUT2D eigenvalue weighted by molar-refractivity contribution is 0.371. The molecule has 0 fully saturated rings. The Kier molecular flexibility index (Phi) is 6.19. The lowest BCUT2D eigenvalue weighted by atomic mass is 10.1. The van der Waals surface area contributed by atoms with Gasteiger partial charge in [0.2, 0.25) is 0 Å². The van der Waals surface area contributed by atoms with Gasteiger partial charge in [0.25, 0.3) is 0 Å². The quantitative estimate of drug-likeness (QED) is 0.453. The summed E-state index contributed by atoms with van der Waals surface area (Å²) >= 11 is 7.97. The monoisotopic (exact) mass is 328 g/mol. The van der Waals surface area contributed by atoms with Gasteiger partial charge in [0.05, 0.1) is 15.8 Å². The highest BCUT2D eigenvalue weighted by Crippen LogP contribution is 2.15. The second-order valence-electron chi connectivity index (χ2n) is 2.62. The molecule has 0 amide bonds.